The van der Waals surface area contributed by atoms with Crippen molar-refractivity contribution in [3.8, 4) is 5.75 Å². The molecule has 33 heavy (non-hydrogen) atoms. The number of amides is 1. The smallest absolute Gasteiger partial charge is 0.264 e. The third-order valence-corrected chi connectivity index (χ3v) is 6.97. The van der Waals surface area contributed by atoms with Gasteiger partial charge in [-0.3, -0.25) is 9.10 Å². The van der Waals surface area contributed by atoms with Gasteiger partial charge in [-0.2, -0.15) is 0 Å². The summed E-state index contributed by atoms with van der Waals surface area (Å²) in [7, 11) is -3.93. The molecule has 0 aromatic heterocycles. The van der Waals surface area contributed by atoms with Gasteiger partial charge in [-0.25, -0.2) is 8.42 Å². The van der Waals surface area contributed by atoms with Crippen LogP contribution in [0, 0.1) is 6.92 Å². The van der Waals surface area contributed by atoms with E-state index in [9.17, 15) is 13.2 Å². The van der Waals surface area contributed by atoms with Crippen LogP contribution in [0.3, 0.4) is 0 Å². The topological polar surface area (TPSA) is 75.7 Å². The first-order chi connectivity index (χ1) is 15.8. The zero-order chi connectivity index (χ0) is 23.8. The van der Waals surface area contributed by atoms with E-state index in [4.69, 9.17) is 4.74 Å². The molecule has 0 saturated carbocycles. The standard InChI is InChI=1S/C26H30N2O4S/c1-20(2)22-11-13-23(14-12-22)28(33(30,31)25-15-9-21(3)10-16-25)19-26(29)27-17-18-32-24-7-5-4-6-8-24/h4-16,20H,17-19H2,1-3H3,(H,27,29). The van der Waals surface area contributed by atoms with Gasteiger partial charge in [0.15, 0.2) is 0 Å². The molecule has 0 spiro atoms. The predicted octanol–water partition coefficient (Wildman–Crippen LogP) is 4.51. The van der Waals surface area contributed by atoms with Gasteiger partial charge in [0.1, 0.15) is 18.9 Å². The number of hydrogen-bond acceptors (Lipinski definition) is 4. The molecule has 7 heteroatoms. The first kappa shape index (κ1) is 24.3. The zero-order valence-electron chi connectivity index (χ0n) is 19.2. The number of carbonyl (C=O) groups is 1. The molecular formula is C26H30N2O4S. The van der Waals surface area contributed by atoms with Gasteiger partial charge >= 0.3 is 0 Å². The maximum atomic E-state index is 13.4. The van der Waals surface area contributed by atoms with Gasteiger partial charge in [-0.05, 0) is 54.8 Å². The van der Waals surface area contributed by atoms with Gasteiger partial charge in [0.2, 0.25) is 5.91 Å². The number of hydrogen-bond donors (Lipinski definition) is 1. The summed E-state index contributed by atoms with van der Waals surface area (Å²) in [6.07, 6.45) is 0. The quantitative estimate of drug-likeness (QED) is 0.446. The highest BCUT2D eigenvalue weighted by Crippen LogP contribution is 2.26. The molecule has 0 aliphatic rings. The number of nitrogens with one attached hydrogen (secondary N) is 1. The number of aryl methyl sites for hydroxylation is 1. The zero-order valence-corrected chi connectivity index (χ0v) is 20.0. The molecule has 3 aromatic rings. The molecule has 1 N–H and O–H groups in total. The molecule has 0 unspecified atom stereocenters. The molecule has 6 nitrogen and oxygen atoms in total. The molecule has 0 bridgehead atoms. The van der Waals surface area contributed by atoms with E-state index < -0.39 is 15.9 Å². The Balaban J connectivity index is 1.75. The van der Waals surface area contributed by atoms with E-state index in [1.54, 1.807) is 36.4 Å². The van der Waals surface area contributed by atoms with Crippen LogP contribution in [0.25, 0.3) is 0 Å². The van der Waals surface area contributed by atoms with Crippen molar-refractivity contribution in [3.63, 3.8) is 0 Å². The van der Waals surface area contributed by atoms with Gasteiger partial charge in [0, 0.05) is 0 Å². The minimum atomic E-state index is -3.93. The summed E-state index contributed by atoms with van der Waals surface area (Å²) in [6, 6.07) is 23.2. The molecule has 174 valence electrons. The second-order valence-corrected chi connectivity index (χ2v) is 9.94. The van der Waals surface area contributed by atoms with Gasteiger partial charge in [0.25, 0.3) is 10.0 Å². The Kier molecular flexibility index (Phi) is 8.11. The number of benzene rings is 3. The minimum Gasteiger partial charge on any atom is -0.492 e. The van der Waals surface area contributed by atoms with Crippen LogP contribution in [-0.2, 0) is 14.8 Å². The molecule has 3 aromatic carbocycles. The molecule has 0 heterocycles. The van der Waals surface area contributed by atoms with Crippen LogP contribution < -0.4 is 14.4 Å². The number of rotatable bonds is 10. The third-order valence-electron chi connectivity index (χ3n) is 5.18. The SMILES string of the molecule is Cc1ccc(S(=O)(=O)N(CC(=O)NCCOc2ccccc2)c2ccc(C(C)C)cc2)cc1. The van der Waals surface area contributed by atoms with Gasteiger partial charge in [-0.15, -0.1) is 0 Å². The minimum absolute atomic E-state index is 0.140. The highest BCUT2D eigenvalue weighted by atomic mass is 32.2. The van der Waals surface area contributed by atoms with E-state index in [0.717, 1.165) is 15.4 Å². The second-order valence-electron chi connectivity index (χ2n) is 8.08. The van der Waals surface area contributed by atoms with Gasteiger partial charge in [0.05, 0.1) is 17.1 Å². The molecule has 0 saturated heterocycles. The monoisotopic (exact) mass is 466 g/mol. The van der Waals surface area contributed by atoms with Crippen LogP contribution >= 0.6 is 0 Å². The van der Waals surface area contributed by atoms with Crippen LogP contribution in [0.4, 0.5) is 5.69 Å². The lowest BCUT2D eigenvalue weighted by Crippen LogP contribution is -2.41. The van der Waals surface area contributed by atoms with Crippen molar-refractivity contribution in [3.05, 3.63) is 90.0 Å². The lowest BCUT2D eigenvalue weighted by Gasteiger charge is -2.24. The molecular weight excluding hydrogens is 436 g/mol. The van der Waals surface area contributed by atoms with Crippen LogP contribution in [-0.4, -0.2) is 34.0 Å². The van der Waals surface area contributed by atoms with Crippen molar-refractivity contribution in [1.29, 1.82) is 0 Å². The first-order valence-corrected chi connectivity index (χ1v) is 12.4. The van der Waals surface area contributed by atoms with E-state index in [-0.39, 0.29) is 24.6 Å². The molecule has 1 amide bonds. The van der Waals surface area contributed by atoms with Crippen LogP contribution in [0.5, 0.6) is 5.75 Å². The maximum absolute atomic E-state index is 13.4. The van der Waals surface area contributed by atoms with E-state index in [1.165, 1.54) is 0 Å². The summed E-state index contributed by atoms with van der Waals surface area (Å²) >= 11 is 0. The van der Waals surface area contributed by atoms with Gasteiger partial charge in [-0.1, -0.05) is 61.9 Å². The average Bonchev–Trinajstić information content (AvgIpc) is 2.81. The largest absolute Gasteiger partial charge is 0.492 e. The predicted molar refractivity (Wildman–Crippen MR) is 131 cm³/mol. The summed E-state index contributed by atoms with van der Waals surface area (Å²) in [6.45, 7) is 6.25. The first-order valence-electron chi connectivity index (χ1n) is 10.9. The van der Waals surface area contributed by atoms with Crippen molar-refractivity contribution in [2.45, 2.75) is 31.6 Å². The molecule has 0 radical (unpaired) electrons. The molecule has 3 rings (SSSR count). The summed E-state index contributed by atoms with van der Waals surface area (Å²) in [4.78, 5) is 12.8. The Hall–Kier alpha value is -3.32. The molecule has 0 aliphatic heterocycles. The van der Waals surface area contributed by atoms with Gasteiger partial charge < -0.3 is 10.1 Å². The highest BCUT2D eigenvalue weighted by molar-refractivity contribution is 7.92. The summed E-state index contributed by atoms with van der Waals surface area (Å²) < 4.78 is 33.6. The van der Waals surface area contributed by atoms with Crippen LogP contribution in [0.15, 0.2) is 83.8 Å². The van der Waals surface area contributed by atoms with Crippen molar-refractivity contribution >= 4 is 21.6 Å². The number of sulfonamides is 1. The second kappa shape index (κ2) is 11.0. The Morgan fingerprint density at radius 1 is 0.939 bits per heavy atom. The van der Waals surface area contributed by atoms with Crippen molar-refractivity contribution in [2.75, 3.05) is 24.0 Å². The Labute approximate surface area is 196 Å². The van der Waals surface area contributed by atoms with E-state index in [1.807, 2.05) is 49.4 Å². The fraction of sp³-hybridized carbons (Fsp3) is 0.269. The molecule has 0 atom stereocenters. The van der Waals surface area contributed by atoms with E-state index in [0.29, 0.717) is 17.4 Å². The van der Waals surface area contributed by atoms with Crippen molar-refractivity contribution in [1.82, 2.24) is 5.32 Å². The average molecular weight is 467 g/mol. The number of carbonyl (C=O) groups excluding carboxylic acids is 1. The fourth-order valence-electron chi connectivity index (χ4n) is 3.24. The Morgan fingerprint density at radius 3 is 2.18 bits per heavy atom. The highest BCUT2D eigenvalue weighted by Gasteiger charge is 2.27. The van der Waals surface area contributed by atoms with E-state index in [2.05, 4.69) is 19.2 Å². The van der Waals surface area contributed by atoms with Crippen LogP contribution in [0.1, 0.15) is 30.9 Å². The number of para-hydroxylation sites is 1. The lowest BCUT2D eigenvalue weighted by molar-refractivity contribution is -0.119. The third kappa shape index (κ3) is 6.58. The molecule has 0 aliphatic carbocycles. The van der Waals surface area contributed by atoms with Crippen LogP contribution in [0.2, 0.25) is 0 Å². The number of ether oxygens (including phenoxy) is 1. The summed E-state index contributed by atoms with van der Waals surface area (Å²) in [5, 5.41) is 2.75. The maximum Gasteiger partial charge on any atom is 0.264 e. The normalized spacial score (nSPS) is 11.3. The fourth-order valence-corrected chi connectivity index (χ4v) is 4.66. The summed E-state index contributed by atoms with van der Waals surface area (Å²) in [5.41, 5.74) is 2.49. The van der Waals surface area contributed by atoms with Crippen molar-refractivity contribution < 1.29 is 17.9 Å². The van der Waals surface area contributed by atoms with E-state index >= 15 is 0 Å². The Morgan fingerprint density at radius 2 is 1.58 bits per heavy atom. The number of anilines is 1. The number of nitrogens with zero attached hydrogens (tertiary/aromatic N) is 1. The Bertz CT molecular complexity index is 1140. The lowest BCUT2D eigenvalue weighted by atomic mass is 10.0. The van der Waals surface area contributed by atoms with Crippen molar-refractivity contribution in [2.24, 2.45) is 0 Å². The summed E-state index contributed by atoms with van der Waals surface area (Å²) in [5.74, 6) is 0.616. The molecule has 0 fully saturated rings.